The molecule has 0 radical (unpaired) electrons. The maximum atomic E-state index is 9.57. The second kappa shape index (κ2) is 3.10. The van der Waals surface area contributed by atoms with E-state index in [0.717, 1.165) is 5.39 Å². The van der Waals surface area contributed by atoms with Crippen LogP contribution in [0.5, 0.6) is 17.2 Å². The van der Waals surface area contributed by atoms with Gasteiger partial charge in [-0.05, 0) is 0 Å². The van der Waals surface area contributed by atoms with Crippen molar-refractivity contribution in [1.29, 1.82) is 0 Å². The number of methoxy groups -OCH3 is 1. The first-order valence-electron chi connectivity index (χ1n) is 4.21. The molecule has 0 aliphatic carbocycles. The van der Waals surface area contributed by atoms with Crippen LogP contribution in [0.1, 0.15) is 0 Å². The Hall–Kier alpha value is -1.90. The highest BCUT2D eigenvalue weighted by Gasteiger charge is 2.09. The number of rotatable bonds is 1. The zero-order valence-electron chi connectivity index (χ0n) is 7.69. The van der Waals surface area contributed by atoms with Crippen LogP contribution in [0.3, 0.4) is 0 Å². The van der Waals surface area contributed by atoms with Crippen LogP contribution in [0.4, 0.5) is 0 Å². The average molecular weight is 190 g/mol. The highest BCUT2D eigenvalue weighted by molar-refractivity contribution is 5.95. The number of phenolic OH excluding ortho intramolecular Hbond substituents is 2. The number of benzene rings is 2. The van der Waals surface area contributed by atoms with Gasteiger partial charge in [-0.2, -0.15) is 0 Å². The molecule has 0 saturated heterocycles. The van der Waals surface area contributed by atoms with Gasteiger partial charge in [-0.25, -0.2) is 0 Å². The predicted octanol–water partition coefficient (Wildman–Crippen LogP) is 2.26. The Kier molecular flexibility index (Phi) is 1.93. The van der Waals surface area contributed by atoms with Crippen molar-refractivity contribution in [2.75, 3.05) is 7.11 Å². The summed E-state index contributed by atoms with van der Waals surface area (Å²) >= 11 is 0. The van der Waals surface area contributed by atoms with Crippen molar-refractivity contribution < 1.29 is 14.9 Å². The predicted molar refractivity (Wildman–Crippen MR) is 53.8 cm³/mol. The highest BCUT2D eigenvalue weighted by atomic mass is 16.5. The van der Waals surface area contributed by atoms with Crippen molar-refractivity contribution in [2.24, 2.45) is 0 Å². The van der Waals surface area contributed by atoms with E-state index in [2.05, 4.69) is 0 Å². The molecule has 2 N–H and O–H groups in total. The van der Waals surface area contributed by atoms with E-state index in [1.54, 1.807) is 12.1 Å². The first kappa shape index (κ1) is 8.69. The third-order valence-electron chi connectivity index (χ3n) is 2.18. The molecule has 0 aliphatic heterocycles. The minimum absolute atomic E-state index is 0.110. The standard InChI is InChI=1S/C11H10O3/c1-14-10-6-9(12)11(13)8-5-3-2-4-7(8)10/h2-6,12-13H,1H3. The van der Waals surface area contributed by atoms with Crippen LogP contribution < -0.4 is 4.74 Å². The summed E-state index contributed by atoms with van der Waals surface area (Å²) in [6, 6.07) is 8.60. The third kappa shape index (κ3) is 1.14. The topological polar surface area (TPSA) is 49.7 Å². The number of ether oxygens (including phenoxy) is 1. The lowest BCUT2D eigenvalue weighted by Crippen LogP contribution is -1.85. The fraction of sp³-hybridized carbons (Fsp3) is 0.0909. The molecule has 0 amide bonds. The Morgan fingerprint density at radius 3 is 2.36 bits per heavy atom. The molecular formula is C11H10O3. The molecule has 2 aromatic carbocycles. The number of phenols is 2. The Morgan fingerprint density at radius 1 is 1.07 bits per heavy atom. The Balaban J connectivity index is 2.89. The van der Waals surface area contributed by atoms with Crippen LogP contribution in [0.2, 0.25) is 0 Å². The molecule has 0 aliphatic rings. The van der Waals surface area contributed by atoms with E-state index < -0.39 is 0 Å². The molecule has 0 unspecified atom stereocenters. The SMILES string of the molecule is COc1cc(O)c(O)c2ccccc12. The van der Waals surface area contributed by atoms with Crippen LogP contribution in [0.15, 0.2) is 30.3 Å². The van der Waals surface area contributed by atoms with Gasteiger partial charge in [0.05, 0.1) is 7.11 Å². The van der Waals surface area contributed by atoms with Crippen LogP contribution in [0.25, 0.3) is 10.8 Å². The summed E-state index contributed by atoms with van der Waals surface area (Å²) in [6.07, 6.45) is 0. The van der Waals surface area contributed by atoms with E-state index in [1.165, 1.54) is 13.2 Å². The van der Waals surface area contributed by atoms with Crippen LogP contribution in [0, 0.1) is 0 Å². The summed E-state index contributed by atoms with van der Waals surface area (Å²) in [5, 5.41) is 20.3. The molecule has 3 nitrogen and oxygen atoms in total. The van der Waals surface area contributed by atoms with Gasteiger partial charge in [0, 0.05) is 16.8 Å². The summed E-state index contributed by atoms with van der Waals surface area (Å²) in [6.45, 7) is 0. The summed E-state index contributed by atoms with van der Waals surface area (Å²) in [5.74, 6) is 0.276. The van der Waals surface area contributed by atoms with Crippen molar-refractivity contribution in [3.63, 3.8) is 0 Å². The van der Waals surface area contributed by atoms with Gasteiger partial charge in [0.2, 0.25) is 0 Å². The number of hydrogen-bond acceptors (Lipinski definition) is 3. The van der Waals surface area contributed by atoms with Crippen LogP contribution >= 0.6 is 0 Å². The molecule has 0 atom stereocenters. The van der Waals surface area contributed by atoms with Gasteiger partial charge in [0.15, 0.2) is 11.5 Å². The van der Waals surface area contributed by atoms with Gasteiger partial charge in [0.25, 0.3) is 0 Å². The first-order chi connectivity index (χ1) is 6.74. The molecular weight excluding hydrogens is 180 g/mol. The quantitative estimate of drug-likeness (QED) is 0.678. The fourth-order valence-corrected chi connectivity index (χ4v) is 1.48. The van der Waals surface area contributed by atoms with Crippen molar-refractivity contribution >= 4 is 10.8 Å². The molecule has 72 valence electrons. The fourth-order valence-electron chi connectivity index (χ4n) is 1.48. The lowest BCUT2D eigenvalue weighted by atomic mass is 10.1. The molecule has 2 aromatic rings. The Labute approximate surface area is 81.2 Å². The summed E-state index contributed by atoms with van der Waals surface area (Å²) in [4.78, 5) is 0. The van der Waals surface area contributed by atoms with Gasteiger partial charge in [-0.3, -0.25) is 0 Å². The molecule has 0 spiro atoms. The maximum absolute atomic E-state index is 9.57. The van der Waals surface area contributed by atoms with Crippen molar-refractivity contribution in [1.82, 2.24) is 0 Å². The molecule has 0 aromatic heterocycles. The third-order valence-corrected chi connectivity index (χ3v) is 2.18. The molecule has 2 rings (SSSR count). The lowest BCUT2D eigenvalue weighted by Gasteiger charge is -2.08. The van der Waals surface area contributed by atoms with E-state index in [4.69, 9.17) is 4.74 Å². The minimum Gasteiger partial charge on any atom is -0.504 e. The van der Waals surface area contributed by atoms with Gasteiger partial charge < -0.3 is 14.9 Å². The Bertz CT molecular complexity index is 477. The molecule has 14 heavy (non-hydrogen) atoms. The summed E-state index contributed by atoms with van der Waals surface area (Å²) in [7, 11) is 1.53. The number of aromatic hydroxyl groups is 2. The van der Waals surface area contributed by atoms with Crippen molar-refractivity contribution in [3.8, 4) is 17.2 Å². The molecule has 0 saturated carbocycles. The summed E-state index contributed by atoms with van der Waals surface area (Å²) < 4.78 is 5.09. The van der Waals surface area contributed by atoms with E-state index in [1.807, 2.05) is 12.1 Å². The normalized spacial score (nSPS) is 10.4. The minimum atomic E-state index is -0.166. The van der Waals surface area contributed by atoms with Crippen LogP contribution in [-0.2, 0) is 0 Å². The van der Waals surface area contributed by atoms with Gasteiger partial charge in [0.1, 0.15) is 5.75 Å². The highest BCUT2D eigenvalue weighted by Crippen LogP contribution is 2.39. The van der Waals surface area contributed by atoms with Gasteiger partial charge in [-0.1, -0.05) is 24.3 Å². The zero-order chi connectivity index (χ0) is 10.1. The monoisotopic (exact) mass is 190 g/mol. The Morgan fingerprint density at radius 2 is 1.71 bits per heavy atom. The largest absolute Gasteiger partial charge is 0.504 e. The van der Waals surface area contributed by atoms with E-state index in [0.29, 0.717) is 11.1 Å². The maximum Gasteiger partial charge on any atom is 0.165 e. The molecule has 0 fully saturated rings. The van der Waals surface area contributed by atoms with E-state index >= 15 is 0 Å². The van der Waals surface area contributed by atoms with E-state index in [9.17, 15) is 10.2 Å². The van der Waals surface area contributed by atoms with E-state index in [-0.39, 0.29) is 11.5 Å². The smallest absolute Gasteiger partial charge is 0.165 e. The van der Waals surface area contributed by atoms with Gasteiger partial charge >= 0.3 is 0 Å². The zero-order valence-corrected chi connectivity index (χ0v) is 7.69. The summed E-state index contributed by atoms with van der Waals surface area (Å²) in [5.41, 5.74) is 0. The molecule has 0 bridgehead atoms. The first-order valence-corrected chi connectivity index (χ1v) is 4.21. The lowest BCUT2D eigenvalue weighted by molar-refractivity contribution is 0.393. The van der Waals surface area contributed by atoms with Gasteiger partial charge in [-0.15, -0.1) is 0 Å². The van der Waals surface area contributed by atoms with Crippen LogP contribution in [-0.4, -0.2) is 17.3 Å². The second-order valence-corrected chi connectivity index (χ2v) is 2.99. The average Bonchev–Trinajstić information content (AvgIpc) is 2.23. The van der Waals surface area contributed by atoms with Crippen molar-refractivity contribution in [3.05, 3.63) is 30.3 Å². The second-order valence-electron chi connectivity index (χ2n) is 2.99. The number of hydrogen-bond donors (Lipinski definition) is 2. The molecule has 3 heteroatoms. The number of fused-ring (bicyclic) bond motifs is 1. The molecule has 0 heterocycles. The van der Waals surface area contributed by atoms with Crippen molar-refractivity contribution in [2.45, 2.75) is 0 Å².